The van der Waals surface area contributed by atoms with Crippen molar-refractivity contribution in [3.8, 4) is 0 Å². The molecule has 4 amide bonds. The quantitative estimate of drug-likeness (QED) is 0.766. The van der Waals surface area contributed by atoms with E-state index in [-0.39, 0.29) is 19.0 Å². The van der Waals surface area contributed by atoms with Crippen LogP contribution in [0.2, 0.25) is 0 Å². The van der Waals surface area contributed by atoms with Crippen molar-refractivity contribution in [1.82, 2.24) is 15.5 Å². The minimum atomic E-state index is -0.877. The van der Waals surface area contributed by atoms with E-state index in [1.54, 1.807) is 12.1 Å². The van der Waals surface area contributed by atoms with Crippen LogP contribution >= 0.6 is 0 Å². The summed E-state index contributed by atoms with van der Waals surface area (Å²) in [5.74, 6) is -0.138. The zero-order valence-electron chi connectivity index (χ0n) is 12.1. The maximum atomic E-state index is 12.3. The van der Waals surface area contributed by atoms with Gasteiger partial charge in [0.1, 0.15) is 17.8 Å². The number of hydrogen-bond acceptors (Lipinski definition) is 4. The Morgan fingerprint density at radius 1 is 1.38 bits per heavy atom. The second kappa shape index (κ2) is 5.99. The van der Waals surface area contributed by atoms with Crippen LogP contribution in [0.15, 0.2) is 22.8 Å². The van der Waals surface area contributed by atoms with E-state index in [0.29, 0.717) is 18.6 Å². The minimum Gasteiger partial charge on any atom is -0.467 e. The van der Waals surface area contributed by atoms with Crippen LogP contribution in [0.1, 0.15) is 32.4 Å². The first-order valence-corrected chi connectivity index (χ1v) is 6.95. The molecule has 1 aliphatic heterocycles. The van der Waals surface area contributed by atoms with Crippen LogP contribution in [0.3, 0.4) is 0 Å². The number of nitrogens with one attached hydrogen (secondary N) is 2. The molecule has 0 atom stereocenters. The number of furan rings is 1. The largest absolute Gasteiger partial charge is 0.467 e. The fraction of sp³-hybridized carbons (Fsp3) is 0.500. The molecular weight excluding hydrogens is 274 g/mol. The summed E-state index contributed by atoms with van der Waals surface area (Å²) in [7, 11) is 0. The third kappa shape index (κ3) is 2.91. The lowest BCUT2D eigenvalue weighted by atomic mass is 9.93. The average Bonchev–Trinajstić information content (AvgIpc) is 3.07. The summed E-state index contributed by atoms with van der Waals surface area (Å²) in [6, 6.07) is 2.93. The normalized spacial score (nSPS) is 17.0. The Morgan fingerprint density at radius 2 is 2.10 bits per heavy atom. The van der Waals surface area contributed by atoms with Crippen LogP contribution in [0.5, 0.6) is 0 Å². The van der Waals surface area contributed by atoms with Crippen LogP contribution < -0.4 is 10.6 Å². The first-order chi connectivity index (χ1) is 10.0. The summed E-state index contributed by atoms with van der Waals surface area (Å²) in [4.78, 5) is 37.0. The zero-order valence-corrected chi connectivity index (χ0v) is 12.1. The van der Waals surface area contributed by atoms with Crippen molar-refractivity contribution in [3.05, 3.63) is 24.2 Å². The summed E-state index contributed by atoms with van der Waals surface area (Å²) in [5.41, 5.74) is -0.877. The van der Waals surface area contributed by atoms with Gasteiger partial charge in [-0.2, -0.15) is 0 Å². The van der Waals surface area contributed by atoms with Crippen molar-refractivity contribution >= 4 is 17.8 Å². The van der Waals surface area contributed by atoms with Gasteiger partial charge in [0.05, 0.1) is 12.8 Å². The van der Waals surface area contributed by atoms with E-state index in [2.05, 4.69) is 10.6 Å². The van der Waals surface area contributed by atoms with Gasteiger partial charge in [-0.15, -0.1) is 0 Å². The zero-order chi connectivity index (χ0) is 15.5. The number of rotatable bonds is 6. The van der Waals surface area contributed by atoms with Gasteiger partial charge in [0, 0.05) is 0 Å². The van der Waals surface area contributed by atoms with Gasteiger partial charge in [0.15, 0.2) is 0 Å². The highest BCUT2D eigenvalue weighted by Crippen LogP contribution is 2.24. The van der Waals surface area contributed by atoms with Gasteiger partial charge in [-0.3, -0.25) is 14.5 Å². The Kier molecular flexibility index (Phi) is 4.30. The molecule has 2 N–H and O–H groups in total. The molecule has 2 rings (SSSR count). The average molecular weight is 293 g/mol. The Morgan fingerprint density at radius 3 is 2.62 bits per heavy atom. The van der Waals surface area contributed by atoms with Gasteiger partial charge in [-0.25, -0.2) is 4.79 Å². The Labute approximate surface area is 122 Å². The molecule has 21 heavy (non-hydrogen) atoms. The number of imide groups is 1. The molecule has 1 saturated heterocycles. The van der Waals surface area contributed by atoms with Crippen LogP contribution in [-0.2, 0) is 16.1 Å². The second-order valence-electron chi connectivity index (χ2n) is 4.97. The van der Waals surface area contributed by atoms with E-state index < -0.39 is 17.5 Å². The first-order valence-electron chi connectivity index (χ1n) is 6.95. The Hall–Kier alpha value is -2.31. The number of carbonyl (C=O) groups excluding carboxylic acids is 3. The molecule has 0 aliphatic carbocycles. The highest BCUT2D eigenvalue weighted by Gasteiger charge is 2.49. The molecule has 0 spiro atoms. The molecule has 0 radical (unpaired) electrons. The monoisotopic (exact) mass is 293 g/mol. The fourth-order valence-electron chi connectivity index (χ4n) is 2.35. The molecule has 0 aromatic carbocycles. The summed E-state index contributed by atoms with van der Waals surface area (Å²) in [6.45, 7) is 3.61. The molecule has 114 valence electrons. The lowest BCUT2D eigenvalue weighted by molar-refractivity contribution is -0.135. The van der Waals surface area contributed by atoms with E-state index in [0.717, 1.165) is 4.90 Å². The van der Waals surface area contributed by atoms with Crippen molar-refractivity contribution in [3.63, 3.8) is 0 Å². The van der Waals surface area contributed by atoms with Crippen molar-refractivity contribution in [2.75, 3.05) is 6.54 Å². The van der Waals surface area contributed by atoms with Crippen LogP contribution in [-0.4, -0.2) is 34.8 Å². The predicted molar refractivity (Wildman–Crippen MR) is 74.1 cm³/mol. The summed E-state index contributed by atoms with van der Waals surface area (Å²) < 4.78 is 5.09. The highest BCUT2D eigenvalue weighted by atomic mass is 16.3. The highest BCUT2D eigenvalue weighted by molar-refractivity contribution is 6.08. The number of carbonyl (C=O) groups is 3. The lowest BCUT2D eigenvalue weighted by Gasteiger charge is -2.22. The van der Waals surface area contributed by atoms with E-state index >= 15 is 0 Å². The maximum absolute atomic E-state index is 12.3. The molecule has 0 saturated carbocycles. The van der Waals surface area contributed by atoms with Crippen LogP contribution in [0.4, 0.5) is 4.79 Å². The number of urea groups is 1. The summed E-state index contributed by atoms with van der Waals surface area (Å²) in [6.07, 6.45) is 2.51. The molecule has 0 unspecified atom stereocenters. The second-order valence-corrected chi connectivity index (χ2v) is 4.97. The molecule has 1 aromatic rings. The molecular formula is C14H19N3O4. The van der Waals surface area contributed by atoms with Crippen molar-refractivity contribution in [2.45, 2.75) is 38.8 Å². The molecule has 0 bridgehead atoms. The third-order valence-corrected chi connectivity index (χ3v) is 3.79. The van der Waals surface area contributed by atoms with E-state index in [4.69, 9.17) is 4.42 Å². The van der Waals surface area contributed by atoms with Gasteiger partial charge in [0.25, 0.3) is 5.91 Å². The van der Waals surface area contributed by atoms with Crippen molar-refractivity contribution in [2.24, 2.45) is 0 Å². The molecule has 2 heterocycles. The summed E-state index contributed by atoms with van der Waals surface area (Å²) in [5, 5.41) is 5.29. The van der Waals surface area contributed by atoms with Gasteiger partial charge in [-0.05, 0) is 25.0 Å². The smallest absolute Gasteiger partial charge is 0.325 e. The summed E-state index contributed by atoms with van der Waals surface area (Å²) >= 11 is 0. The standard InChI is InChI=1S/C14H19N3O4/c1-3-14(4-2)12(19)17(13(20)16-14)9-11(18)15-8-10-6-5-7-21-10/h5-7H,3-4,8-9H2,1-2H3,(H,15,18)(H,16,20). The van der Waals surface area contributed by atoms with Gasteiger partial charge < -0.3 is 15.1 Å². The molecule has 1 fully saturated rings. The molecule has 1 aromatic heterocycles. The lowest BCUT2D eigenvalue weighted by Crippen LogP contribution is -2.46. The van der Waals surface area contributed by atoms with Gasteiger partial charge >= 0.3 is 6.03 Å². The third-order valence-electron chi connectivity index (χ3n) is 3.79. The SMILES string of the molecule is CCC1(CC)NC(=O)N(CC(=O)NCc2ccco2)C1=O. The molecule has 1 aliphatic rings. The fourth-order valence-corrected chi connectivity index (χ4v) is 2.35. The molecule has 7 nitrogen and oxygen atoms in total. The Bertz CT molecular complexity index is 534. The minimum absolute atomic E-state index is 0.224. The van der Waals surface area contributed by atoms with Crippen LogP contribution in [0, 0.1) is 0 Å². The van der Waals surface area contributed by atoms with Crippen LogP contribution in [0.25, 0.3) is 0 Å². The maximum Gasteiger partial charge on any atom is 0.325 e. The van der Waals surface area contributed by atoms with Gasteiger partial charge in [0.2, 0.25) is 5.91 Å². The Balaban J connectivity index is 1.94. The van der Waals surface area contributed by atoms with Crippen molar-refractivity contribution in [1.29, 1.82) is 0 Å². The number of hydrogen-bond donors (Lipinski definition) is 2. The predicted octanol–water partition coefficient (Wildman–Crippen LogP) is 1.01. The molecule has 7 heteroatoms. The van der Waals surface area contributed by atoms with E-state index in [1.807, 2.05) is 13.8 Å². The van der Waals surface area contributed by atoms with E-state index in [9.17, 15) is 14.4 Å². The topological polar surface area (TPSA) is 91.7 Å². The number of nitrogens with zero attached hydrogens (tertiary/aromatic N) is 1. The van der Waals surface area contributed by atoms with Gasteiger partial charge in [-0.1, -0.05) is 13.8 Å². The van der Waals surface area contributed by atoms with E-state index in [1.165, 1.54) is 6.26 Å². The first kappa shape index (κ1) is 15.1. The number of amides is 4. The van der Waals surface area contributed by atoms with Crippen molar-refractivity contribution < 1.29 is 18.8 Å².